The Morgan fingerprint density at radius 3 is 2.64 bits per heavy atom. The van der Waals surface area contributed by atoms with Crippen molar-refractivity contribution in [2.45, 2.75) is 19.8 Å². The molecule has 1 aromatic carbocycles. The number of carbonyl (C=O) groups excluding carboxylic acids is 1. The minimum Gasteiger partial charge on any atom is -0.492 e. The first-order valence-electron chi connectivity index (χ1n) is 8.50. The van der Waals surface area contributed by atoms with Crippen LogP contribution in [0.4, 0.5) is 10.2 Å². The average Bonchev–Trinajstić information content (AvgIpc) is 2.67. The second kappa shape index (κ2) is 10.4. The zero-order valence-corrected chi connectivity index (χ0v) is 16.9. The predicted molar refractivity (Wildman–Crippen MR) is 104 cm³/mol. The molecule has 0 atom stereocenters. The predicted octanol–water partition coefficient (Wildman–Crippen LogP) is 4.15. The SMILES string of the molecule is CCCCOCCOC(=O)c1nc(-c2ccc(Cl)c(OC)c2F)nc(N)c1Cl. The number of aromatic nitrogens is 2. The van der Waals surface area contributed by atoms with Gasteiger partial charge in [-0.2, -0.15) is 0 Å². The zero-order valence-electron chi connectivity index (χ0n) is 15.4. The maximum atomic E-state index is 14.6. The van der Waals surface area contributed by atoms with Crippen LogP contribution in [-0.4, -0.2) is 42.9 Å². The van der Waals surface area contributed by atoms with Gasteiger partial charge in [0.2, 0.25) is 0 Å². The van der Waals surface area contributed by atoms with E-state index in [-0.39, 0.29) is 51.9 Å². The molecule has 0 saturated carbocycles. The number of benzene rings is 1. The van der Waals surface area contributed by atoms with E-state index in [0.29, 0.717) is 6.61 Å². The fourth-order valence-electron chi connectivity index (χ4n) is 2.22. The van der Waals surface area contributed by atoms with Crippen molar-refractivity contribution >= 4 is 35.0 Å². The van der Waals surface area contributed by atoms with Gasteiger partial charge < -0.3 is 19.9 Å². The molecule has 2 aromatic rings. The minimum atomic E-state index is -0.819. The van der Waals surface area contributed by atoms with E-state index >= 15 is 0 Å². The Kier molecular flexibility index (Phi) is 8.22. The van der Waals surface area contributed by atoms with Gasteiger partial charge in [-0.25, -0.2) is 19.2 Å². The van der Waals surface area contributed by atoms with Gasteiger partial charge in [0, 0.05) is 6.61 Å². The van der Waals surface area contributed by atoms with Gasteiger partial charge in [0.1, 0.15) is 17.4 Å². The second-order valence-electron chi connectivity index (χ2n) is 5.64. The van der Waals surface area contributed by atoms with Crippen LogP contribution in [0.3, 0.4) is 0 Å². The Morgan fingerprint density at radius 1 is 1.21 bits per heavy atom. The van der Waals surface area contributed by atoms with Gasteiger partial charge in [-0.1, -0.05) is 36.5 Å². The summed E-state index contributed by atoms with van der Waals surface area (Å²) in [6, 6.07) is 2.76. The highest BCUT2D eigenvalue weighted by Gasteiger charge is 2.23. The molecule has 1 heterocycles. The van der Waals surface area contributed by atoms with Gasteiger partial charge in [0.25, 0.3) is 0 Å². The van der Waals surface area contributed by atoms with E-state index in [9.17, 15) is 9.18 Å². The van der Waals surface area contributed by atoms with Crippen molar-refractivity contribution < 1.29 is 23.4 Å². The topological polar surface area (TPSA) is 96.6 Å². The number of halogens is 3. The monoisotopic (exact) mass is 431 g/mol. The molecule has 0 aliphatic carbocycles. The Hall–Kier alpha value is -2.16. The van der Waals surface area contributed by atoms with Crippen LogP contribution in [-0.2, 0) is 9.47 Å². The maximum Gasteiger partial charge on any atom is 0.358 e. The summed E-state index contributed by atoms with van der Waals surface area (Å²) in [5.74, 6) is -2.13. The number of hydrogen-bond acceptors (Lipinski definition) is 7. The number of nitrogens with two attached hydrogens (primary N) is 1. The van der Waals surface area contributed by atoms with Crippen LogP contribution in [0.1, 0.15) is 30.3 Å². The zero-order chi connectivity index (χ0) is 20.7. The number of unbranched alkanes of at least 4 members (excludes halogenated alkanes) is 1. The summed E-state index contributed by atoms with van der Waals surface area (Å²) >= 11 is 11.9. The number of anilines is 1. The molecule has 2 N–H and O–H groups in total. The summed E-state index contributed by atoms with van der Waals surface area (Å²) in [6.07, 6.45) is 1.92. The minimum absolute atomic E-state index is 0.0151. The average molecular weight is 432 g/mol. The highest BCUT2D eigenvalue weighted by molar-refractivity contribution is 6.35. The number of nitrogen functional groups attached to an aromatic ring is 1. The lowest BCUT2D eigenvalue weighted by atomic mass is 10.1. The van der Waals surface area contributed by atoms with Crippen LogP contribution in [0.25, 0.3) is 11.4 Å². The molecule has 0 unspecified atom stereocenters. The first kappa shape index (κ1) is 22.1. The molecule has 10 heteroatoms. The molecule has 28 heavy (non-hydrogen) atoms. The van der Waals surface area contributed by atoms with Crippen LogP contribution in [0.5, 0.6) is 5.75 Å². The molecule has 0 spiro atoms. The number of ether oxygens (including phenoxy) is 3. The van der Waals surface area contributed by atoms with Crippen molar-refractivity contribution in [2.75, 3.05) is 32.7 Å². The van der Waals surface area contributed by atoms with Gasteiger partial charge in [-0.3, -0.25) is 0 Å². The third-order valence-electron chi connectivity index (χ3n) is 3.67. The van der Waals surface area contributed by atoms with Crippen molar-refractivity contribution in [3.05, 3.63) is 33.7 Å². The fourth-order valence-corrected chi connectivity index (χ4v) is 2.61. The van der Waals surface area contributed by atoms with E-state index in [1.807, 2.05) is 6.92 Å². The molecule has 0 saturated heterocycles. The van der Waals surface area contributed by atoms with E-state index in [1.54, 1.807) is 0 Å². The van der Waals surface area contributed by atoms with E-state index < -0.39 is 11.8 Å². The van der Waals surface area contributed by atoms with Gasteiger partial charge in [-0.05, 0) is 18.6 Å². The standard InChI is InChI=1S/C18H20Cl2FN3O4/c1-3-4-7-27-8-9-28-18(25)14-12(20)16(22)24-17(23-14)10-5-6-11(19)15(26-2)13(10)21/h5-6H,3-4,7-9H2,1-2H3,(H2,22,23,24). The highest BCUT2D eigenvalue weighted by atomic mass is 35.5. The molecule has 152 valence electrons. The molecule has 0 fully saturated rings. The first-order chi connectivity index (χ1) is 13.4. The molecular formula is C18H20Cl2FN3O4. The summed E-state index contributed by atoms with van der Waals surface area (Å²) in [7, 11) is 1.27. The molecular weight excluding hydrogens is 412 g/mol. The largest absolute Gasteiger partial charge is 0.492 e. The van der Waals surface area contributed by atoms with Gasteiger partial charge >= 0.3 is 5.97 Å². The highest BCUT2D eigenvalue weighted by Crippen LogP contribution is 2.35. The smallest absolute Gasteiger partial charge is 0.358 e. The molecule has 1 aromatic heterocycles. The number of methoxy groups -OCH3 is 1. The Morgan fingerprint density at radius 2 is 1.96 bits per heavy atom. The number of esters is 1. The Bertz CT molecular complexity index is 852. The Labute approximate surface area is 171 Å². The molecule has 0 amide bonds. The summed E-state index contributed by atoms with van der Waals surface area (Å²) in [4.78, 5) is 20.3. The van der Waals surface area contributed by atoms with Crippen molar-refractivity contribution in [3.8, 4) is 17.1 Å². The summed E-state index contributed by atoms with van der Waals surface area (Å²) in [5.41, 5.74) is 5.44. The van der Waals surface area contributed by atoms with Crippen molar-refractivity contribution in [1.82, 2.24) is 9.97 Å². The van der Waals surface area contributed by atoms with Crippen LogP contribution in [0, 0.1) is 5.82 Å². The summed E-state index contributed by atoms with van der Waals surface area (Å²) < 4.78 is 30.0. The molecule has 7 nitrogen and oxygen atoms in total. The number of carbonyl (C=O) groups is 1. The third kappa shape index (κ3) is 5.21. The lowest BCUT2D eigenvalue weighted by molar-refractivity contribution is 0.0308. The lowest BCUT2D eigenvalue weighted by Crippen LogP contribution is -2.15. The van der Waals surface area contributed by atoms with Crippen LogP contribution < -0.4 is 10.5 Å². The molecule has 0 bridgehead atoms. The lowest BCUT2D eigenvalue weighted by Gasteiger charge is -2.11. The second-order valence-corrected chi connectivity index (χ2v) is 6.42. The van der Waals surface area contributed by atoms with E-state index in [1.165, 1.54) is 19.2 Å². The quantitative estimate of drug-likeness (QED) is 0.470. The summed E-state index contributed by atoms with van der Waals surface area (Å²) in [6.45, 7) is 2.87. The summed E-state index contributed by atoms with van der Waals surface area (Å²) in [5, 5.41) is -0.102. The van der Waals surface area contributed by atoms with Crippen LogP contribution in [0.2, 0.25) is 10.0 Å². The first-order valence-corrected chi connectivity index (χ1v) is 9.26. The Balaban J connectivity index is 2.24. The van der Waals surface area contributed by atoms with E-state index in [4.69, 9.17) is 43.1 Å². The van der Waals surface area contributed by atoms with Gasteiger partial charge in [0.15, 0.2) is 23.1 Å². The van der Waals surface area contributed by atoms with Gasteiger partial charge in [-0.15, -0.1) is 0 Å². The van der Waals surface area contributed by atoms with Crippen molar-refractivity contribution in [1.29, 1.82) is 0 Å². The van der Waals surface area contributed by atoms with E-state index in [0.717, 1.165) is 12.8 Å². The molecule has 2 rings (SSSR count). The molecule has 0 aliphatic heterocycles. The normalized spacial score (nSPS) is 10.8. The van der Waals surface area contributed by atoms with E-state index in [2.05, 4.69) is 9.97 Å². The van der Waals surface area contributed by atoms with Crippen molar-refractivity contribution in [2.24, 2.45) is 0 Å². The van der Waals surface area contributed by atoms with Gasteiger partial charge in [0.05, 0.1) is 24.3 Å². The van der Waals surface area contributed by atoms with Crippen LogP contribution >= 0.6 is 23.2 Å². The van der Waals surface area contributed by atoms with Crippen LogP contribution in [0.15, 0.2) is 12.1 Å². The molecule has 0 radical (unpaired) electrons. The number of rotatable bonds is 9. The molecule has 0 aliphatic rings. The third-order valence-corrected chi connectivity index (χ3v) is 4.34. The number of hydrogen-bond donors (Lipinski definition) is 1. The van der Waals surface area contributed by atoms with Crippen molar-refractivity contribution in [3.63, 3.8) is 0 Å². The fraction of sp³-hybridized carbons (Fsp3) is 0.389. The maximum absolute atomic E-state index is 14.6. The number of nitrogens with zero attached hydrogens (tertiary/aromatic N) is 2.